The molecule has 1 aromatic rings. The number of hydrogen-bond donors (Lipinski definition) is 2. The Bertz CT molecular complexity index is 582. The Kier molecular flexibility index (Phi) is 4.38. The topological polar surface area (TPSA) is 74.3 Å². The van der Waals surface area contributed by atoms with E-state index in [1.54, 1.807) is 24.2 Å². The SMILES string of the molecule is CC(=O)N1CCc2c(cncc2C(=O)NC2CCCNC2)C1. The average molecular weight is 302 g/mol. The first-order valence-corrected chi connectivity index (χ1v) is 7.88. The maximum absolute atomic E-state index is 12.5. The van der Waals surface area contributed by atoms with Gasteiger partial charge in [-0.2, -0.15) is 0 Å². The van der Waals surface area contributed by atoms with E-state index in [9.17, 15) is 9.59 Å². The van der Waals surface area contributed by atoms with Crippen LogP contribution in [-0.4, -0.2) is 47.4 Å². The highest BCUT2D eigenvalue weighted by Gasteiger charge is 2.24. The van der Waals surface area contributed by atoms with E-state index >= 15 is 0 Å². The summed E-state index contributed by atoms with van der Waals surface area (Å²) < 4.78 is 0. The van der Waals surface area contributed by atoms with Crippen molar-refractivity contribution in [3.8, 4) is 0 Å². The van der Waals surface area contributed by atoms with Gasteiger partial charge in [0.2, 0.25) is 5.91 Å². The summed E-state index contributed by atoms with van der Waals surface area (Å²) in [5.41, 5.74) is 2.68. The molecule has 0 aromatic carbocycles. The number of amides is 2. The molecule has 118 valence electrons. The van der Waals surface area contributed by atoms with Crippen LogP contribution < -0.4 is 10.6 Å². The molecule has 1 aromatic heterocycles. The molecule has 1 atom stereocenters. The van der Waals surface area contributed by atoms with Gasteiger partial charge in [-0.05, 0) is 36.9 Å². The molecule has 0 saturated carbocycles. The standard InChI is InChI=1S/C16H22N4O2/c1-11(21)20-6-4-14-12(10-20)7-18-9-15(14)16(22)19-13-3-2-5-17-8-13/h7,9,13,17H,2-6,8,10H2,1H3,(H,19,22). The zero-order valence-corrected chi connectivity index (χ0v) is 12.9. The second-order valence-corrected chi connectivity index (χ2v) is 6.03. The highest BCUT2D eigenvalue weighted by Crippen LogP contribution is 2.22. The van der Waals surface area contributed by atoms with Crippen LogP contribution >= 0.6 is 0 Å². The monoisotopic (exact) mass is 302 g/mol. The first-order chi connectivity index (χ1) is 10.6. The van der Waals surface area contributed by atoms with Crippen LogP contribution in [0.2, 0.25) is 0 Å². The zero-order chi connectivity index (χ0) is 15.5. The summed E-state index contributed by atoms with van der Waals surface area (Å²) in [6.07, 6.45) is 6.23. The van der Waals surface area contributed by atoms with E-state index < -0.39 is 0 Å². The van der Waals surface area contributed by atoms with Gasteiger partial charge in [0.05, 0.1) is 5.56 Å². The lowest BCUT2D eigenvalue weighted by molar-refractivity contribution is -0.129. The molecule has 22 heavy (non-hydrogen) atoms. The summed E-state index contributed by atoms with van der Waals surface area (Å²) in [7, 11) is 0. The molecule has 1 unspecified atom stereocenters. The quantitative estimate of drug-likeness (QED) is 0.833. The van der Waals surface area contributed by atoms with Crippen LogP contribution in [0.25, 0.3) is 0 Å². The number of carbonyl (C=O) groups is 2. The predicted molar refractivity (Wildman–Crippen MR) is 82.4 cm³/mol. The fraction of sp³-hybridized carbons (Fsp3) is 0.562. The molecular formula is C16H22N4O2. The van der Waals surface area contributed by atoms with Crippen molar-refractivity contribution in [2.45, 2.75) is 38.8 Å². The van der Waals surface area contributed by atoms with Gasteiger partial charge in [-0.3, -0.25) is 14.6 Å². The number of hydrogen-bond acceptors (Lipinski definition) is 4. The third kappa shape index (κ3) is 3.11. The van der Waals surface area contributed by atoms with Crippen molar-refractivity contribution in [1.82, 2.24) is 20.5 Å². The minimum Gasteiger partial charge on any atom is -0.348 e. The summed E-state index contributed by atoms with van der Waals surface area (Å²) >= 11 is 0. The fourth-order valence-electron chi connectivity index (χ4n) is 3.20. The van der Waals surface area contributed by atoms with Crippen LogP contribution in [-0.2, 0) is 17.8 Å². The van der Waals surface area contributed by atoms with Crippen molar-refractivity contribution < 1.29 is 9.59 Å². The van der Waals surface area contributed by atoms with Gasteiger partial charge in [-0.15, -0.1) is 0 Å². The number of nitrogens with one attached hydrogen (secondary N) is 2. The lowest BCUT2D eigenvalue weighted by atomic mass is 9.96. The first kappa shape index (κ1) is 15.0. The number of aromatic nitrogens is 1. The number of nitrogens with zero attached hydrogens (tertiary/aromatic N) is 2. The van der Waals surface area contributed by atoms with E-state index in [0.29, 0.717) is 25.1 Å². The van der Waals surface area contributed by atoms with Crippen molar-refractivity contribution in [2.75, 3.05) is 19.6 Å². The Morgan fingerprint density at radius 2 is 2.27 bits per heavy atom. The molecule has 3 rings (SSSR count). The summed E-state index contributed by atoms with van der Waals surface area (Å²) in [4.78, 5) is 30.0. The van der Waals surface area contributed by atoms with E-state index in [-0.39, 0.29) is 17.9 Å². The molecule has 0 bridgehead atoms. The van der Waals surface area contributed by atoms with Gasteiger partial charge in [0.1, 0.15) is 0 Å². The van der Waals surface area contributed by atoms with Crippen LogP contribution in [0.4, 0.5) is 0 Å². The summed E-state index contributed by atoms with van der Waals surface area (Å²) in [6, 6.07) is 0.189. The second kappa shape index (κ2) is 6.44. The number of fused-ring (bicyclic) bond motifs is 1. The number of piperidine rings is 1. The average Bonchev–Trinajstić information content (AvgIpc) is 2.54. The molecule has 0 aliphatic carbocycles. The lowest BCUT2D eigenvalue weighted by Crippen LogP contribution is -2.46. The minimum absolute atomic E-state index is 0.0469. The van der Waals surface area contributed by atoms with Crippen LogP contribution in [0.15, 0.2) is 12.4 Å². The molecule has 6 heteroatoms. The maximum Gasteiger partial charge on any atom is 0.253 e. The van der Waals surface area contributed by atoms with Crippen molar-refractivity contribution in [3.05, 3.63) is 29.1 Å². The predicted octanol–water partition coefficient (Wildman–Crippen LogP) is 0.468. The smallest absolute Gasteiger partial charge is 0.253 e. The Morgan fingerprint density at radius 3 is 3.00 bits per heavy atom. The van der Waals surface area contributed by atoms with Crippen molar-refractivity contribution in [1.29, 1.82) is 0 Å². The third-order valence-electron chi connectivity index (χ3n) is 4.46. The largest absolute Gasteiger partial charge is 0.348 e. The molecule has 2 amide bonds. The van der Waals surface area contributed by atoms with Crippen LogP contribution in [0, 0.1) is 0 Å². The van der Waals surface area contributed by atoms with Crippen molar-refractivity contribution in [2.24, 2.45) is 0 Å². The molecule has 0 spiro atoms. The van der Waals surface area contributed by atoms with Gasteiger partial charge >= 0.3 is 0 Å². The molecule has 1 saturated heterocycles. The van der Waals surface area contributed by atoms with Crippen LogP contribution in [0.5, 0.6) is 0 Å². The molecule has 2 aliphatic rings. The third-order valence-corrected chi connectivity index (χ3v) is 4.46. The van der Waals surface area contributed by atoms with E-state index in [4.69, 9.17) is 0 Å². The number of rotatable bonds is 2. The highest BCUT2D eigenvalue weighted by molar-refractivity contribution is 5.96. The summed E-state index contributed by atoms with van der Waals surface area (Å²) in [5, 5.41) is 6.40. The van der Waals surface area contributed by atoms with Crippen molar-refractivity contribution in [3.63, 3.8) is 0 Å². The first-order valence-electron chi connectivity index (χ1n) is 7.88. The van der Waals surface area contributed by atoms with E-state index in [1.807, 2.05) is 0 Å². The maximum atomic E-state index is 12.5. The van der Waals surface area contributed by atoms with Gasteiger partial charge < -0.3 is 15.5 Å². The molecule has 1 fully saturated rings. The van der Waals surface area contributed by atoms with E-state index in [2.05, 4.69) is 15.6 Å². The number of pyridine rings is 1. The minimum atomic E-state index is -0.0469. The highest BCUT2D eigenvalue weighted by atomic mass is 16.2. The Morgan fingerprint density at radius 1 is 1.41 bits per heavy atom. The molecule has 0 radical (unpaired) electrons. The van der Waals surface area contributed by atoms with E-state index in [0.717, 1.165) is 37.1 Å². The van der Waals surface area contributed by atoms with Crippen LogP contribution in [0.1, 0.15) is 41.3 Å². The van der Waals surface area contributed by atoms with Gasteiger partial charge in [0.25, 0.3) is 5.91 Å². The number of carbonyl (C=O) groups excluding carboxylic acids is 2. The fourth-order valence-corrected chi connectivity index (χ4v) is 3.20. The van der Waals surface area contributed by atoms with Gasteiger partial charge in [0.15, 0.2) is 0 Å². The Labute approximate surface area is 130 Å². The van der Waals surface area contributed by atoms with Crippen LogP contribution in [0.3, 0.4) is 0 Å². The van der Waals surface area contributed by atoms with Gasteiger partial charge in [0, 0.05) is 45.0 Å². The van der Waals surface area contributed by atoms with Gasteiger partial charge in [-0.25, -0.2) is 0 Å². The second-order valence-electron chi connectivity index (χ2n) is 6.03. The Hall–Kier alpha value is -1.95. The lowest BCUT2D eigenvalue weighted by Gasteiger charge is -2.29. The molecular weight excluding hydrogens is 280 g/mol. The molecule has 6 nitrogen and oxygen atoms in total. The molecule has 2 aliphatic heterocycles. The zero-order valence-electron chi connectivity index (χ0n) is 12.9. The summed E-state index contributed by atoms with van der Waals surface area (Å²) in [5.74, 6) is 0.0168. The Balaban J connectivity index is 1.76. The van der Waals surface area contributed by atoms with Gasteiger partial charge in [-0.1, -0.05) is 0 Å². The summed E-state index contributed by atoms with van der Waals surface area (Å²) in [6.45, 7) is 4.63. The molecule has 3 heterocycles. The normalized spacial score (nSPS) is 21.1. The van der Waals surface area contributed by atoms with E-state index in [1.165, 1.54) is 0 Å². The molecule has 2 N–H and O–H groups in total. The van der Waals surface area contributed by atoms with Crippen molar-refractivity contribution >= 4 is 11.8 Å².